The van der Waals surface area contributed by atoms with Gasteiger partial charge in [-0.2, -0.15) is 0 Å². The van der Waals surface area contributed by atoms with Crippen LogP contribution >= 0.6 is 0 Å². The number of Topliss-reactive ketones (excluding diaryl/α,β-unsaturated/α-hetero) is 1. The molecule has 0 aliphatic carbocycles. The molecule has 0 radical (unpaired) electrons. The second-order valence-corrected chi connectivity index (χ2v) is 1.75. The van der Waals surface area contributed by atoms with Gasteiger partial charge in [0, 0.05) is 6.42 Å². The first kappa shape index (κ1) is 7.37. The number of allylic oxidation sites excluding steroid dienone is 1. The van der Waals surface area contributed by atoms with Crippen LogP contribution in [0.25, 0.3) is 0 Å². The number of rotatable bonds is 3. The molecule has 8 heavy (non-hydrogen) atoms. The lowest BCUT2D eigenvalue weighted by molar-refractivity contribution is -0.119. The topological polar surface area (TPSA) is 43.1 Å². The lowest BCUT2D eigenvalue weighted by atomic mass is 10.2. The summed E-state index contributed by atoms with van der Waals surface area (Å²) in [5.74, 6) is 0.0417. The van der Waals surface area contributed by atoms with Crippen molar-refractivity contribution in [2.75, 3.05) is 0 Å². The quantitative estimate of drug-likeness (QED) is 0.541. The zero-order valence-electron chi connectivity index (χ0n) is 5.05. The van der Waals surface area contributed by atoms with Crippen LogP contribution in [0.15, 0.2) is 12.7 Å². The zero-order chi connectivity index (χ0) is 6.57. The van der Waals surface area contributed by atoms with E-state index in [0.717, 1.165) is 0 Å². The molecule has 0 saturated carbocycles. The molecule has 0 aliphatic heterocycles. The first-order valence-electron chi connectivity index (χ1n) is 2.57. The molecule has 0 aromatic carbocycles. The summed E-state index contributed by atoms with van der Waals surface area (Å²) in [5, 5.41) is 0. The minimum Gasteiger partial charge on any atom is -0.322 e. The van der Waals surface area contributed by atoms with Crippen molar-refractivity contribution in [1.82, 2.24) is 0 Å². The molecule has 0 spiro atoms. The van der Waals surface area contributed by atoms with Crippen molar-refractivity contribution >= 4 is 5.78 Å². The molecule has 2 heteroatoms. The molecule has 0 aromatic heterocycles. The van der Waals surface area contributed by atoms with Crippen molar-refractivity contribution in [2.24, 2.45) is 5.73 Å². The Bertz CT molecular complexity index is 96.7. The Morgan fingerprint density at radius 1 is 2.00 bits per heavy atom. The van der Waals surface area contributed by atoms with Gasteiger partial charge in [0.05, 0.1) is 6.04 Å². The van der Waals surface area contributed by atoms with Gasteiger partial charge in [0.15, 0.2) is 5.78 Å². The lowest BCUT2D eigenvalue weighted by Crippen LogP contribution is -2.25. The van der Waals surface area contributed by atoms with E-state index in [1.807, 2.05) is 0 Å². The summed E-state index contributed by atoms with van der Waals surface area (Å²) in [6.07, 6.45) is 1.95. The summed E-state index contributed by atoms with van der Waals surface area (Å²) in [6.45, 7) is 5.08. The third kappa shape index (κ3) is 2.53. The maximum absolute atomic E-state index is 10.5. The highest BCUT2D eigenvalue weighted by Crippen LogP contribution is 1.86. The normalized spacial score (nSPS) is 12.8. The molecule has 0 rings (SSSR count). The van der Waals surface area contributed by atoms with E-state index in [-0.39, 0.29) is 11.8 Å². The maximum Gasteiger partial charge on any atom is 0.152 e. The number of hydrogen-bond acceptors (Lipinski definition) is 2. The molecule has 0 bridgehead atoms. The molecule has 0 saturated heterocycles. The predicted molar refractivity (Wildman–Crippen MR) is 33.5 cm³/mol. The van der Waals surface area contributed by atoms with E-state index in [0.29, 0.717) is 6.42 Å². The largest absolute Gasteiger partial charge is 0.322 e. The minimum absolute atomic E-state index is 0.0417. The molecule has 0 aromatic rings. The molecule has 2 N–H and O–H groups in total. The standard InChI is InChI=1S/C6H11NO/c1-3-4-6(8)5(2)7/h3,5H,1,4,7H2,2H3. The number of carbonyl (C=O) groups excluding carboxylic acids is 1. The van der Waals surface area contributed by atoms with E-state index >= 15 is 0 Å². The number of hydrogen-bond donors (Lipinski definition) is 1. The van der Waals surface area contributed by atoms with Crippen LogP contribution in [-0.4, -0.2) is 11.8 Å². The van der Waals surface area contributed by atoms with E-state index in [1.54, 1.807) is 13.0 Å². The van der Waals surface area contributed by atoms with E-state index in [1.165, 1.54) is 0 Å². The fourth-order valence-electron chi connectivity index (χ4n) is 0.328. The predicted octanol–water partition coefficient (Wildman–Crippen LogP) is 0.479. The Morgan fingerprint density at radius 3 is 2.62 bits per heavy atom. The third-order valence-corrected chi connectivity index (χ3v) is 0.853. The SMILES string of the molecule is C=CCC(=O)C(C)N. The van der Waals surface area contributed by atoms with Gasteiger partial charge >= 0.3 is 0 Å². The molecule has 0 heterocycles. The van der Waals surface area contributed by atoms with Gasteiger partial charge in [-0.1, -0.05) is 6.08 Å². The highest BCUT2D eigenvalue weighted by molar-refractivity contribution is 5.84. The Labute approximate surface area is 49.4 Å². The van der Waals surface area contributed by atoms with Crippen molar-refractivity contribution in [3.63, 3.8) is 0 Å². The fourth-order valence-corrected chi connectivity index (χ4v) is 0.328. The smallest absolute Gasteiger partial charge is 0.152 e. The van der Waals surface area contributed by atoms with Gasteiger partial charge in [0.2, 0.25) is 0 Å². The summed E-state index contributed by atoms with van der Waals surface area (Å²) in [5.41, 5.74) is 5.22. The number of nitrogens with two attached hydrogens (primary N) is 1. The Morgan fingerprint density at radius 2 is 2.50 bits per heavy atom. The van der Waals surface area contributed by atoms with Crippen LogP contribution in [0.1, 0.15) is 13.3 Å². The number of carbonyl (C=O) groups is 1. The zero-order valence-corrected chi connectivity index (χ0v) is 5.05. The van der Waals surface area contributed by atoms with Gasteiger partial charge in [-0.3, -0.25) is 4.79 Å². The summed E-state index contributed by atoms with van der Waals surface area (Å²) in [7, 11) is 0. The Hall–Kier alpha value is -0.630. The molecule has 1 unspecified atom stereocenters. The van der Waals surface area contributed by atoms with Crippen LogP contribution in [0.2, 0.25) is 0 Å². The van der Waals surface area contributed by atoms with E-state index in [2.05, 4.69) is 6.58 Å². The van der Waals surface area contributed by atoms with Crippen LogP contribution in [0, 0.1) is 0 Å². The van der Waals surface area contributed by atoms with Crippen LogP contribution < -0.4 is 5.73 Å². The van der Waals surface area contributed by atoms with Gasteiger partial charge in [0.25, 0.3) is 0 Å². The van der Waals surface area contributed by atoms with Crippen LogP contribution in [0.5, 0.6) is 0 Å². The number of ketones is 1. The first-order valence-corrected chi connectivity index (χ1v) is 2.57. The lowest BCUT2D eigenvalue weighted by Gasteiger charge is -1.97. The van der Waals surface area contributed by atoms with Crippen LogP contribution in [0.3, 0.4) is 0 Å². The van der Waals surface area contributed by atoms with Gasteiger partial charge < -0.3 is 5.73 Å². The highest BCUT2D eigenvalue weighted by atomic mass is 16.1. The molecule has 0 fully saturated rings. The minimum atomic E-state index is -0.340. The summed E-state index contributed by atoms with van der Waals surface area (Å²) in [6, 6.07) is -0.340. The summed E-state index contributed by atoms with van der Waals surface area (Å²) < 4.78 is 0. The van der Waals surface area contributed by atoms with Crippen molar-refractivity contribution in [3.8, 4) is 0 Å². The molecule has 46 valence electrons. The van der Waals surface area contributed by atoms with Gasteiger partial charge in [-0.15, -0.1) is 6.58 Å². The molecule has 0 amide bonds. The van der Waals surface area contributed by atoms with E-state index in [4.69, 9.17) is 5.73 Å². The second kappa shape index (κ2) is 3.38. The van der Waals surface area contributed by atoms with Gasteiger partial charge in [-0.05, 0) is 6.92 Å². The average molecular weight is 113 g/mol. The monoisotopic (exact) mass is 113 g/mol. The molecular formula is C6H11NO. The van der Waals surface area contributed by atoms with E-state index < -0.39 is 0 Å². The van der Waals surface area contributed by atoms with Crippen molar-refractivity contribution < 1.29 is 4.79 Å². The van der Waals surface area contributed by atoms with Crippen LogP contribution in [-0.2, 0) is 4.79 Å². The Kier molecular flexibility index (Phi) is 3.12. The Balaban J connectivity index is 3.48. The van der Waals surface area contributed by atoms with Crippen molar-refractivity contribution in [3.05, 3.63) is 12.7 Å². The van der Waals surface area contributed by atoms with Crippen LogP contribution in [0.4, 0.5) is 0 Å². The average Bonchev–Trinajstić information content (AvgIpc) is 1.67. The van der Waals surface area contributed by atoms with Crippen molar-refractivity contribution in [2.45, 2.75) is 19.4 Å². The molecule has 2 nitrogen and oxygen atoms in total. The first-order chi connectivity index (χ1) is 3.68. The molecular weight excluding hydrogens is 102 g/mol. The maximum atomic E-state index is 10.5. The van der Waals surface area contributed by atoms with Gasteiger partial charge in [0.1, 0.15) is 0 Å². The van der Waals surface area contributed by atoms with E-state index in [9.17, 15) is 4.79 Å². The highest BCUT2D eigenvalue weighted by Gasteiger charge is 2.02. The summed E-state index contributed by atoms with van der Waals surface area (Å²) in [4.78, 5) is 10.5. The fraction of sp³-hybridized carbons (Fsp3) is 0.500. The van der Waals surface area contributed by atoms with Gasteiger partial charge in [-0.25, -0.2) is 0 Å². The molecule has 0 aliphatic rings. The van der Waals surface area contributed by atoms with Crippen molar-refractivity contribution in [1.29, 1.82) is 0 Å². The molecule has 1 atom stereocenters. The second-order valence-electron chi connectivity index (χ2n) is 1.75. The summed E-state index contributed by atoms with van der Waals surface area (Å²) >= 11 is 0. The third-order valence-electron chi connectivity index (χ3n) is 0.853.